The first-order valence-corrected chi connectivity index (χ1v) is 9.16. The second-order valence-corrected chi connectivity index (χ2v) is 7.09. The van der Waals surface area contributed by atoms with Gasteiger partial charge in [0, 0.05) is 31.1 Å². The third kappa shape index (κ3) is 3.57. The smallest absolute Gasteiger partial charge is 0.427 e. The highest BCUT2D eigenvalue weighted by atomic mass is 19.3. The molecular formula is C19H19F4N3O2. The predicted molar refractivity (Wildman–Crippen MR) is 91.9 cm³/mol. The number of halogens is 4. The number of benzene rings is 1. The molecule has 0 spiro atoms. The lowest BCUT2D eigenvalue weighted by Gasteiger charge is -2.23. The topological polar surface area (TPSA) is 58.2 Å². The summed E-state index contributed by atoms with van der Waals surface area (Å²) in [7, 11) is 0. The number of hydrogen-bond acceptors (Lipinski definition) is 3. The molecule has 1 aromatic heterocycles. The number of aromatic nitrogens is 2. The SMILES string of the molecule is O=C(c1ccccc1OC(F)(F)C(F)F)N1CCc2[nH]nc(C3CC3)c2CC1. The Labute approximate surface area is 158 Å². The zero-order valence-corrected chi connectivity index (χ0v) is 14.9. The van der Waals surface area contributed by atoms with Crippen LogP contribution in [0.4, 0.5) is 17.6 Å². The molecule has 1 amide bonds. The van der Waals surface area contributed by atoms with Crippen LogP contribution in [0.25, 0.3) is 0 Å². The lowest BCUT2D eigenvalue weighted by atomic mass is 10.1. The second kappa shape index (κ2) is 7.10. The summed E-state index contributed by atoms with van der Waals surface area (Å²) in [4.78, 5) is 14.5. The summed E-state index contributed by atoms with van der Waals surface area (Å²) in [6.07, 6.45) is -5.26. The van der Waals surface area contributed by atoms with E-state index in [1.807, 2.05) is 0 Å². The van der Waals surface area contributed by atoms with Gasteiger partial charge < -0.3 is 9.64 Å². The Morgan fingerprint density at radius 2 is 1.93 bits per heavy atom. The fraction of sp³-hybridized carbons (Fsp3) is 0.474. The van der Waals surface area contributed by atoms with Gasteiger partial charge in [-0.2, -0.15) is 22.7 Å². The number of H-pyrrole nitrogens is 1. The van der Waals surface area contributed by atoms with E-state index in [0.29, 0.717) is 31.8 Å². The highest BCUT2D eigenvalue weighted by Crippen LogP contribution is 2.41. The highest BCUT2D eigenvalue weighted by Gasteiger charge is 2.44. The van der Waals surface area contributed by atoms with Crippen LogP contribution in [0.3, 0.4) is 0 Å². The number of carbonyl (C=O) groups excluding carboxylic acids is 1. The lowest BCUT2D eigenvalue weighted by molar-refractivity contribution is -0.253. The number of amides is 1. The summed E-state index contributed by atoms with van der Waals surface area (Å²) in [6, 6.07) is 5.24. The summed E-state index contributed by atoms with van der Waals surface area (Å²) in [5, 5.41) is 7.44. The van der Waals surface area contributed by atoms with E-state index in [1.165, 1.54) is 23.1 Å². The minimum absolute atomic E-state index is 0.158. The van der Waals surface area contributed by atoms with Crippen molar-refractivity contribution >= 4 is 5.91 Å². The summed E-state index contributed by atoms with van der Waals surface area (Å²) in [6.45, 7) is 0.766. The number of nitrogens with zero attached hydrogens (tertiary/aromatic N) is 2. The molecule has 1 fully saturated rings. The Balaban J connectivity index is 1.52. The Morgan fingerprint density at radius 3 is 2.64 bits per heavy atom. The minimum atomic E-state index is -4.67. The molecule has 4 rings (SSSR count). The quantitative estimate of drug-likeness (QED) is 0.782. The molecule has 150 valence electrons. The van der Waals surface area contributed by atoms with Gasteiger partial charge >= 0.3 is 12.5 Å². The van der Waals surface area contributed by atoms with Gasteiger partial charge in [0.1, 0.15) is 5.75 Å². The molecule has 2 aromatic rings. The summed E-state index contributed by atoms with van der Waals surface area (Å²) in [5.41, 5.74) is 3.02. The van der Waals surface area contributed by atoms with Crippen molar-refractivity contribution in [2.75, 3.05) is 13.1 Å². The van der Waals surface area contributed by atoms with Crippen LogP contribution in [-0.4, -0.2) is 46.6 Å². The molecule has 0 unspecified atom stereocenters. The monoisotopic (exact) mass is 397 g/mol. The van der Waals surface area contributed by atoms with Crippen molar-refractivity contribution in [2.45, 2.75) is 44.1 Å². The molecule has 1 aliphatic heterocycles. The van der Waals surface area contributed by atoms with E-state index in [2.05, 4.69) is 14.9 Å². The van der Waals surface area contributed by atoms with Gasteiger partial charge in [-0.05, 0) is 37.0 Å². The van der Waals surface area contributed by atoms with Gasteiger partial charge in [-0.1, -0.05) is 12.1 Å². The lowest BCUT2D eigenvalue weighted by Crippen LogP contribution is -2.36. The fourth-order valence-corrected chi connectivity index (χ4v) is 3.50. The molecular weight excluding hydrogens is 378 g/mol. The van der Waals surface area contributed by atoms with E-state index in [0.717, 1.165) is 35.9 Å². The number of alkyl halides is 4. The maximum atomic E-state index is 13.3. The van der Waals surface area contributed by atoms with Crippen LogP contribution in [0.2, 0.25) is 0 Å². The highest BCUT2D eigenvalue weighted by molar-refractivity contribution is 5.97. The first kappa shape index (κ1) is 18.8. The van der Waals surface area contributed by atoms with Crippen molar-refractivity contribution in [3.63, 3.8) is 0 Å². The Hall–Kier alpha value is -2.58. The molecule has 0 saturated heterocycles. The van der Waals surface area contributed by atoms with Gasteiger partial charge in [0.05, 0.1) is 11.3 Å². The molecule has 2 aliphatic rings. The van der Waals surface area contributed by atoms with Crippen molar-refractivity contribution < 1.29 is 27.1 Å². The van der Waals surface area contributed by atoms with Crippen molar-refractivity contribution in [1.82, 2.24) is 15.1 Å². The van der Waals surface area contributed by atoms with Crippen molar-refractivity contribution in [2.24, 2.45) is 0 Å². The standard InChI is InChI=1S/C19H19F4N3O2/c20-18(21)19(22,23)28-15-4-2-1-3-13(15)17(27)26-9-7-12-14(8-10-26)24-25-16(12)11-5-6-11/h1-4,11,18H,5-10H2,(H,24,25). The van der Waals surface area contributed by atoms with E-state index < -0.39 is 24.2 Å². The number of hydrogen-bond donors (Lipinski definition) is 1. The first-order valence-electron chi connectivity index (χ1n) is 9.16. The van der Waals surface area contributed by atoms with E-state index in [4.69, 9.17) is 0 Å². The minimum Gasteiger partial charge on any atom is -0.427 e. The molecule has 28 heavy (non-hydrogen) atoms. The first-order chi connectivity index (χ1) is 13.4. The Bertz CT molecular complexity index is 880. The van der Waals surface area contributed by atoms with Crippen LogP contribution in [0.5, 0.6) is 5.75 Å². The molecule has 1 aromatic carbocycles. The largest absolute Gasteiger partial charge is 0.461 e. The maximum Gasteiger partial charge on any atom is 0.461 e. The predicted octanol–water partition coefficient (Wildman–Crippen LogP) is 3.76. The number of ether oxygens (including phenoxy) is 1. The molecule has 1 saturated carbocycles. The van der Waals surface area contributed by atoms with Crippen LogP contribution in [0.15, 0.2) is 24.3 Å². The van der Waals surface area contributed by atoms with Crippen LogP contribution < -0.4 is 4.74 Å². The van der Waals surface area contributed by atoms with Gasteiger partial charge in [-0.3, -0.25) is 9.89 Å². The van der Waals surface area contributed by atoms with Gasteiger partial charge in [-0.15, -0.1) is 0 Å². The van der Waals surface area contributed by atoms with Crippen LogP contribution >= 0.6 is 0 Å². The molecule has 1 aliphatic carbocycles. The summed E-state index contributed by atoms with van der Waals surface area (Å²) in [5.74, 6) is -0.597. The van der Waals surface area contributed by atoms with Gasteiger partial charge in [0.25, 0.3) is 5.91 Å². The molecule has 2 heterocycles. The molecule has 1 N–H and O–H groups in total. The van der Waals surface area contributed by atoms with Crippen molar-refractivity contribution in [1.29, 1.82) is 0 Å². The number of rotatable bonds is 5. The average molecular weight is 397 g/mol. The third-order valence-electron chi connectivity index (χ3n) is 5.12. The molecule has 9 heteroatoms. The number of fused-ring (bicyclic) bond motifs is 1. The van der Waals surface area contributed by atoms with E-state index in [1.54, 1.807) is 0 Å². The van der Waals surface area contributed by atoms with Crippen LogP contribution in [0.1, 0.15) is 46.1 Å². The van der Waals surface area contributed by atoms with E-state index in [9.17, 15) is 22.4 Å². The Kier molecular flexibility index (Phi) is 4.76. The van der Waals surface area contributed by atoms with Gasteiger partial charge in [0.15, 0.2) is 0 Å². The Morgan fingerprint density at radius 1 is 1.21 bits per heavy atom. The van der Waals surface area contributed by atoms with E-state index in [-0.39, 0.29) is 5.56 Å². The van der Waals surface area contributed by atoms with Gasteiger partial charge in [0.2, 0.25) is 0 Å². The number of aromatic amines is 1. The van der Waals surface area contributed by atoms with Crippen LogP contribution in [-0.2, 0) is 12.8 Å². The van der Waals surface area contributed by atoms with Gasteiger partial charge in [-0.25, -0.2) is 0 Å². The molecule has 0 bridgehead atoms. The zero-order valence-electron chi connectivity index (χ0n) is 14.9. The third-order valence-corrected chi connectivity index (χ3v) is 5.12. The summed E-state index contributed by atoms with van der Waals surface area (Å²) < 4.78 is 55.8. The number of para-hydroxylation sites is 1. The van der Waals surface area contributed by atoms with Crippen molar-refractivity contribution in [3.05, 3.63) is 46.8 Å². The summed E-state index contributed by atoms with van der Waals surface area (Å²) >= 11 is 0. The fourth-order valence-electron chi connectivity index (χ4n) is 3.50. The molecule has 0 radical (unpaired) electrons. The zero-order chi connectivity index (χ0) is 19.9. The molecule has 0 atom stereocenters. The number of nitrogens with one attached hydrogen (secondary N) is 1. The normalized spacial score (nSPS) is 17.4. The molecule has 5 nitrogen and oxygen atoms in total. The van der Waals surface area contributed by atoms with Crippen LogP contribution in [0, 0.1) is 0 Å². The maximum absolute atomic E-state index is 13.3. The van der Waals surface area contributed by atoms with E-state index >= 15 is 0 Å². The number of carbonyl (C=O) groups is 1. The second-order valence-electron chi connectivity index (χ2n) is 7.09. The average Bonchev–Trinajstić information content (AvgIpc) is 3.46. The van der Waals surface area contributed by atoms with Crippen molar-refractivity contribution in [3.8, 4) is 5.75 Å².